The molecule has 2 rings (SSSR count). The van der Waals surface area contributed by atoms with E-state index >= 15 is 0 Å². The van der Waals surface area contributed by atoms with Crippen molar-refractivity contribution >= 4 is 5.91 Å². The van der Waals surface area contributed by atoms with Crippen molar-refractivity contribution in [3.63, 3.8) is 0 Å². The molecule has 0 aromatic heterocycles. The molecule has 5 heteroatoms. The Labute approximate surface area is 102 Å². The summed E-state index contributed by atoms with van der Waals surface area (Å²) in [5.74, 6) is 0.0129. The summed E-state index contributed by atoms with van der Waals surface area (Å²) < 4.78 is 5.30. The van der Waals surface area contributed by atoms with E-state index in [-0.39, 0.29) is 24.1 Å². The molecule has 2 aliphatic rings. The molecule has 1 unspecified atom stereocenters. The predicted molar refractivity (Wildman–Crippen MR) is 63.6 cm³/mol. The Hall–Kier alpha value is -0.650. The van der Waals surface area contributed by atoms with Gasteiger partial charge in [0.1, 0.15) is 0 Å². The quantitative estimate of drug-likeness (QED) is 0.640. The average molecular weight is 242 g/mol. The lowest BCUT2D eigenvalue weighted by atomic mass is 9.92. The summed E-state index contributed by atoms with van der Waals surface area (Å²) >= 11 is 0. The minimum Gasteiger partial charge on any atom is -0.391 e. The molecule has 5 nitrogen and oxygen atoms in total. The van der Waals surface area contributed by atoms with E-state index in [2.05, 4.69) is 10.6 Å². The van der Waals surface area contributed by atoms with Gasteiger partial charge in [-0.25, -0.2) is 0 Å². The first-order valence-corrected chi connectivity index (χ1v) is 6.54. The molecule has 0 aromatic carbocycles. The van der Waals surface area contributed by atoms with Gasteiger partial charge in [0.05, 0.1) is 25.4 Å². The van der Waals surface area contributed by atoms with Gasteiger partial charge in [-0.1, -0.05) is 12.8 Å². The minimum absolute atomic E-state index is 0.0129. The number of carbonyl (C=O) groups excluding carboxylic acids is 1. The van der Waals surface area contributed by atoms with Crippen LogP contribution in [-0.2, 0) is 9.53 Å². The van der Waals surface area contributed by atoms with Gasteiger partial charge in [-0.2, -0.15) is 0 Å². The molecule has 0 radical (unpaired) electrons. The van der Waals surface area contributed by atoms with Crippen LogP contribution in [0.25, 0.3) is 0 Å². The van der Waals surface area contributed by atoms with E-state index in [1.54, 1.807) is 0 Å². The Bertz CT molecular complexity index is 254. The van der Waals surface area contributed by atoms with Gasteiger partial charge in [-0.05, 0) is 12.8 Å². The first-order chi connectivity index (χ1) is 8.25. The fourth-order valence-electron chi connectivity index (χ4n) is 2.52. The molecule has 0 spiro atoms. The summed E-state index contributed by atoms with van der Waals surface area (Å²) in [6.07, 6.45) is 3.90. The second-order valence-electron chi connectivity index (χ2n) is 4.96. The SMILES string of the molecule is O=C(CC1COCCN1)N[C@@H]1CCCC[C@H]1O. The Morgan fingerprint density at radius 1 is 1.41 bits per heavy atom. The second kappa shape index (κ2) is 6.33. The third-order valence-electron chi connectivity index (χ3n) is 3.51. The predicted octanol–water partition coefficient (Wildman–Crippen LogP) is -0.215. The van der Waals surface area contributed by atoms with Gasteiger partial charge in [-0.15, -0.1) is 0 Å². The summed E-state index contributed by atoms with van der Waals surface area (Å²) in [4.78, 5) is 11.8. The number of hydrogen-bond donors (Lipinski definition) is 3. The number of ether oxygens (including phenoxy) is 1. The number of rotatable bonds is 3. The number of carbonyl (C=O) groups is 1. The Balaban J connectivity index is 1.72. The molecule has 3 N–H and O–H groups in total. The van der Waals surface area contributed by atoms with E-state index in [4.69, 9.17) is 4.74 Å². The Morgan fingerprint density at radius 3 is 2.94 bits per heavy atom. The number of amides is 1. The lowest BCUT2D eigenvalue weighted by Gasteiger charge is -2.29. The van der Waals surface area contributed by atoms with Crippen molar-refractivity contribution < 1.29 is 14.6 Å². The molecule has 1 amide bonds. The summed E-state index contributed by atoms with van der Waals surface area (Å²) in [6, 6.07) is 0.0604. The van der Waals surface area contributed by atoms with Crippen LogP contribution in [0, 0.1) is 0 Å². The van der Waals surface area contributed by atoms with E-state index in [1.165, 1.54) is 0 Å². The highest BCUT2D eigenvalue weighted by Gasteiger charge is 2.25. The van der Waals surface area contributed by atoms with Crippen molar-refractivity contribution in [2.24, 2.45) is 0 Å². The van der Waals surface area contributed by atoms with Crippen LogP contribution < -0.4 is 10.6 Å². The number of aliphatic hydroxyl groups is 1. The van der Waals surface area contributed by atoms with E-state index < -0.39 is 0 Å². The van der Waals surface area contributed by atoms with Gasteiger partial charge in [0, 0.05) is 19.0 Å². The van der Waals surface area contributed by atoms with Gasteiger partial charge < -0.3 is 20.5 Å². The molecule has 1 aliphatic carbocycles. The van der Waals surface area contributed by atoms with E-state index in [0.29, 0.717) is 13.0 Å². The lowest BCUT2D eigenvalue weighted by Crippen LogP contribution is -2.49. The van der Waals surface area contributed by atoms with Crippen LogP contribution in [0.5, 0.6) is 0 Å². The monoisotopic (exact) mass is 242 g/mol. The van der Waals surface area contributed by atoms with Gasteiger partial charge in [-0.3, -0.25) is 4.79 Å². The molecule has 98 valence electrons. The van der Waals surface area contributed by atoms with Crippen molar-refractivity contribution in [3.05, 3.63) is 0 Å². The Kier molecular flexibility index (Phi) is 4.76. The van der Waals surface area contributed by atoms with Crippen LogP contribution in [0.2, 0.25) is 0 Å². The van der Waals surface area contributed by atoms with Crippen molar-refractivity contribution in [2.45, 2.75) is 50.3 Å². The van der Waals surface area contributed by atoms with Gasteiger partial charge in [0.25, 0.3) is 0 Å². The molecule has 0 bridgehead atoms. The zero-order valence-electron chi connectivity index (χ0n) is 10.2. The molecule has 0 aromatic rings. The van der Waals surface area contributed by atoms with Crippen LogP contribution >= 0.6 is 0 Å². The fourth-order valence-corrected chi connectivity index (χ4v) is 2.52. The smallest absolute Gasteiger partial charge is 0.221 e. The number of hydrogen-bond acceptors (Lipinski definition) is 4. The summed E-state index contributed by atoms with van der Waals surface area (Å²) in [5.41, 5.74) is 0. The van der Waals surface area contributed by atoms with Crippen molar-refractivity contribution in [1.82, 2.24) is 10.6 Å². The topological polar surface area (TPSA) is 70.6 Å². The maximum Gasteiger partial charge on any atom is 0.221 e. The molecule has 1 heterocycles. The van der Waals surface area contributed by atoms with Crippen molar-refractivity contribution in [3.8, 4) is 0 Å². The van der Waals surface area contributed by atoms with Crippen molar-refractivity contribution in [2.75, 3.05) is 19.8 Å². The first kappa shape index (κ1) is 12.8. The molecule has 1 saturated heterocycles. The average Bonchev–Trinajstić information content (AvgIpc) is 2.33. The molecular formula is C12H22N2O3. The number of nitrogens with one attached hydrogen (secondary N) is 2. The maximum atomic E-state index is 11.8. The summed E-state index contributed by atoms with van der Waals surface area (Å²) in [6.45, 7) is 2.13. The number of morpholine rings is 1. The minimum atomic E-state index is -0.372. The van der Waals surface area contributed by atoms with Crippen LogP contribution in [0.3, 0.4) is 0 Å². The Morgan fingerprint density at radius 2 is 2.24 bits per heavy atom. The first-order valence-electron chi connectivity index (χ1n) is 6.54. The highest BCUT2D eigenvalue weighted by Crippen LogP contribution is 2.18. The standard InChI is InChI=1S/C12H22N2O3/c15-11-4-2-1-3-10(11)14-12(16)7-9-8-17-6-5-13-9/h9-11,13,15H,1-8H2,(H,14,16)/t9?,10-,11-/m1/s1. The zero-order chi connectivity index (χ0) is 12.1. The van der Waals surface area contributed by atoms with Gasteiger partial charge in [0.15, 0.2) is 0 Å². The van der Waals surface area contributed by atoms with Gasteiger partial charge in [0.2, 0.25) is 5.91 Å². The summed E-state index contributed by atoms with van der Waals surface area (Å²) in [7, 11) is 0. The molecule has 17 heavy (non-hydrogen) atoms. The van der Waals surface area contributed by atoms with Crippen LogP contribution in [0.15, 0.2) is 0 Å². The van der Waals surface area contributed by atoms with Gasteiger partial charge >= 0.3 is 0 Å². The van der Waals surface area contributed by atoms with Crippen molar-refractivity contribution in [1.29, 1.82) is 0 Å². The highest BCUT2D eigenvalue weighted by molar-refractivity contribution is 5.77. The molecule has 1 aliphatic heterocycles. The molecule has 2 fully saturated rings. The molecular weight excluding hydrogens is 220 g/mol. The van der Waals surface area contributed by atoms with E-state index in [0.717, 1.165) is 38.8 Å². The third-order valence-corrected chi connectivity index (χ3v) is 3.51. The largest absolute Gasteiger partial charge is 0.391 e. The normalized spacial score (nSPS) is 34.3. The van der Waals surface area contributed by atoms with Crippen LogP contribution in [-0.4, -0.2) is 49.0 Å². The van der Waals surface area contributed by atoms with E-state index in [1.807, 2.05) is 0 Å². The lowest BCUT2D eigenvalue weighted by molar-refractivity contribution is -0.124. The summed E-state index contributed by atoms with van der Waals surface area (Å²) in [5, 5.41) is 16.0. The third kappa shape index (κ3) is 3.94. The van der Waals surface area contributed by atoms with Crippen LogP contribution in [0.1, 0.15) is 32.1 Å². The molecule has 3 atom stereocenters. The van der Waals surface area contributed by atoms with E-state index in [9.17, 15) is 9.90 Å². The molecule has 1 saturated carbocycles. The zero-order valence-corrected chi connectivity index (χ0v) is 10.2. The maximum absolute atomic E-state index is 11.8. The second-order valence-corrected chi connectivity index (χ2v) is 4.96. The highest BCUT2D eigenvalue weighted by atomic mass is 16.5. The van der Waals surface area contributed by atoms with Crippen LogP contribution in [0.4, 0.5) is 0 Å². The number of aliphatic hydroxyl groups excluding tert-OH is 1. The fraction of sp³-hybridized carbons (Fsp3) is 0.917.